The van der Waals surface area contributed by atoms with E-state index in [9.17, 15) is 9.59 Å². The van der Waals surface area contributed by atoms with Crippen LogP contribution in [0.1, 0.15) is 32.3 Å². The van der Waals surface area contributed by atoms with Gasteiger partial charge in [0.25, 0.3) is 0 Å². The molecule has 1 aromatic rings. The molecule has 0 heterocycles. The summed E-state index contributed by atoms with van der Waals surface area (Å²) >= 11 is 0. The minimum absolute atomic E-state index is 0.0584. The van der Waals surface area contributed by atoms with Crippen LogP contribution in [0.3, 0.4) is 0 Å². The second-order valence-corrected chi connectivity index (χ2v) is 5.32. The number of carboxylic acids is 1. The standard InChI is InChI=1S/C14H19NO4/c1-14(2,8-13(18)19)7-12(17)15-11-5-3-4-10(6-11)9-16/h3-6,16H,7-9H2,1-2H3,(H,15,17)(H,18,19). The summed E-state index contributed by atoms with van der Waals surface area (Å²) in [4.78, 5) is 22.5. The fourth-order valence-corrected chi connectivity index (χ4v) is 1.86. The molecular weight excluding hydrogens is 246 g/mol. The third kappa shape index (κ3) is 5.52. The maximum atomic E-state index is 11.8. The first-order valence-corrected chi connectivity index (χ1v) is 6.04. The third-order valence-electron chi connectivity index (χ3n) is 2.66. The van der Waals surface area contributed by atoms with E-state index in [-0.39, 0.29) is 25.4 Å². The van der Waals surface area contributed by atoms with Crippen molar-refractivity contribution in [1.29, 1.82) is 0 Å². The van der Waals surface area contributed by atoms with Crippen molar-refractivity contribution in [1.82, 2.24) is 0 Å². The van der Waals surface area contributed by atoms with Crippen molar-refractivity contribution in [2.24, 2.45) is 5.41 Å². The molecule has 0 aliphatic carbocycles. The molecule has 1 amide bonds. The van der Waals surface area contributed by atoms with Crippen molar-refractivity contribution in [2.75, 3.05) is 5.32 Å². The summed E-state index contributed by atoms with van der Waals surface area (Å²) in [5.41, 5.74) is 0.718. The van der Waals surface area contributed by atoms with Crippen LogP contribution in [0.25, 0.3) is 0 Å². The second-order valence-electron chi connectivity index (χ2n) is 5.32. The van der Waals surface area contributed by atoms with Gasteiger partial charge in [-0.1, -0.05) is 26.0 Å². The van der Waals surface area contributed by atoms with E-state index in [1.807, 2.05) is 0 Å². The first-order valence-electron chi connectivity index (χ1n) is 6.04. The number of carbonyl (C=O) groups excluding carboxylic acids is 1. The molecule has 0 saturated heterocycles. The number of amides is 1. The van der Waals surface area contributed by atoms with Gasteiger partial charge < -0.3 is 15.5 Å². The minimum Gasteiger partial charge on any atom is -0.481 e. The molecule has 0 aromatic heterocycles. The highest BCUT2D eigenvalue weighted by Gasteiger charge is 2.25. The molecule has 0 fully saturated rings. The van der Waals surface area contributed by atoms with E-state index < -0.39 is 11.4 Å². The first-order chi connectivity index (χ1) is 8.82. The number of benzene rings is 1. The number of hydrogen-bond acceptors (Lipinski definition) is 3. The second kappa shape index (κ2) is 6.33. The van der Waals surface area contributed by atoms with Gasteiger partial charge in [-0.15, -0.1) is 0 Å². The lowest BCUT2D eigenvalue weighted by Gasteiger charge is -2.21. The van der Waals surface area contributed by atoms with Crippen LogP contribution < -0.4 is 5.32 Å². The van der Waals surface area contributed by atoms with Gasteiger partial charge in [0.15, 0.2) is 0 Å². The first kappa shape index (κ1) is 15.2. The SMILES string of the molecule is CC(C)(CC(=O)O)CC(=O)Nc1cccc(CO)c1. The van der Waals surface area contributed by atoms with E-state index in [2.05, 4.69) is 5.32 Å². The Hall–Kier alpha value is -1.88. The summed E-state index contributed by atoms with van der Waals surface area (Å²) in [6, 6.07) is 6.90. The van der Waals surface area contributed by atoms with Crippen molar-refractivity contribution < 1.29 is 19.8 Å². The summed E-state index contributed by atoms with van der Waals surface area (Å²) in [5, 5.41) is 20.5. The highest BCUT2D eigenvalue weighted by Crippen LogP contribution is 2.25. The molecule has 5 heteroatoms. The van der Waals surface area contributed by atoms with Gasteiger partial charge in [-0.3, -0.25) is 9.59 Å². The van der Waals surface area contributed by atoms with Crippen LogP contribution >= 0.6 is 0 Å². The Morgan fingerprint density at radius 3 is 2.53 bits per heavy atom. The molecule has 0 aliphatic rings. The normalized spacial score (nSPS) is 11.1. The van der Waals surface area contributed by atoms with Gasteiger partial charge in [0.1, 0.15) is 0 Å². The third-order valence-corrected chi connectivity index (χ3v) is 2.66. The number of carbonyl (C=O) groups is 2. The van der Waals surface area contributed by atoms with Crippen molar-refractivity contribution in [3.8, 4) is 0 Å². The van der Waals surface area contributed by atoms with E-state index in [0.29, 0.717) is 11.3 Å². The fourth-order valence-electron chi connectivity index (χ4n) is 1.86. The molecule has 19 heavy (non-hydrogen) atoms. The average molecular weight is 265 g/mol. The number of hydrogen-bond donors (Lipinski definition) is 3. The molecule has 1 aromatic carbocycles. The maximum absolute atomic E-state index is 11.8. The van der Waals surface area contributed by atoms with E-state index in [1.165, 1.54) is 0 Å². The summed E-state index contributed by atoms with van der Waals surface area (Å²) in [7, 11) is 0. The van der Waals surface area contributed by atoms with Gasteiger partial charge in [-0.25, -0.2) is 0 Å². The summed E-state index contributed by atoms with van der Waals surface area (Å²) < 4.78 is 0. The Morgan fingerprint density at radius 2 is 1.95 bits per heavy atom. The molecule has 0 radical (unpaired) electrons. The molecular formula is C14H19NO4. The lowest BCUT2D eigenvalue weighted by atomic mass is 9.85. The molecule has 0 atom stereocenters. The van der Waals surface area contributed by atoms with Crippen LogP contribution in [0, 0.1) is 5.41 Å². The van der Waals surface area contributed by atoms with Crippen molar-refractivity contribution >= 4 is 17.6 Å². The zero-order valence-corrected chi connectivity index (χ0v) is 11.1. The van der Waals surface area contributed by atoms with E-state index in [1.54, 1.807) is 38.1 Å². The Labute approximate surface area is 112 Å². The quantitative estimate of drug-likeness (QED) is 0.734. The highest BCUT2D eigenvalue weighted by molar-refractivity contribution is 5.91. The minimum atomic E-state index is -0.917. The number of carboxylic acid groups (broad SMARTS) is 1. The summed E-state index contributed by atoms with van der Waals surface area (Å²) in [6.07, 6.45) is 0.0692. The van der Waals surface area contributed by atoms with Crippen LogP contribution in [0.15, 0.2) is 24.3 Å². The fraction of sp³-hybridized carbons (Fsp3) is 0.429. The Kier molecular flexibility index (Phi) is 5.06. The van der Waals surface area contributed by atoms with Crippen molar-refractivity contribution in [3.05, 3.63) is 29.8 Å². The number of aliphatic carboxylic acids is 1. The molecule has 1 rings (SSSR count). The molecule has 5 nitrogen and oxygen atoms in total. The predicted molar refractivity (Wildman–Crippen MR) is 71.6 cm³/mol. The molecule has 0 bridgehead atoms. The lowest BCUT2D eigenvalue weighted by molar-refractivity contribution is -0.139. The zero-order chi connectivity index (χ0) is 14.5. The lowest BCUT2D eigenvalue weighted by Crippen LogP contribution is -2.24. The highest BCUT2D eigenvalue weighted by atomic mass is 16.4. The Morgan fingerprint density at radius 1 is 1.26 bits per heavy atom. The molecule has 0 unspecified atom stereocenters. The molecule has 3 N–H and O–H groups in total. The van der Waals surface area contributed by atoms with Gasteiger partial charge in [0.2, 0.25) is 5.91 Å². The van der Waals surface area contributed by atoms with Gasteiger partial charge in [0.05, 0.1) is 13.0 Å². The van der Waals surface area contributed by atoms with Crippen LogP contribution in [0.2, 0.25) is 0 Å². The summed E-state index contributed by atoms with van der Waals surface area (Å²) in [6.45, 7) is 3.39. The van der Waals surface area contributed by atoms with Gasteiger partial charge in [-0.2, -0.15) is 0 Å². The molecule has 0 spiro atoms. The number of rotatable bonds is 6. The topological polar surface area (TPSA) is 86.6 Å². The number of aliphatic hydroxyl groups excluding tert-OH is 1. The van der Waals surface area contributed by atoms with Gasteiger partial charge in [0, 0.05) is 12.1 Å². The van der Waals surface area contributed by atoms with Crippen LogP contribution in [0.4, 0.5) is 5.69 Å². The zero-order valence-electron chi connectivity index (χ0n) is 11.1. The smallest absolute Gasteiger partial charge is 0.303 e. The largest absolute Gasteiger partial charge is 0.481 e. The predicted octanol–water partition coefficient (Wildman–Crippen LogP) is 2.01. The number of aliphatic hydroxyl groups is 1. The van der Waals surface area contributed by atoms with E-state index in [0.717, 1.165) is 0 Å². The number of nitrogens with one attached hydrogen (secondary N) is 1. The van der Waals surface area contributed by atoms with Crippen molar-refractivity contribution in [2.45, 2.75) is 33.3 Å². The molecule has 104 valence electrons. The molecule has 0 saturated carbocycles. The van der Waals surface area contributed by atoms with Crippen LogP contribution in [0.5, 0.6) is 0 Å². The average Bonchev–Trinajstić information content (AvgIpc) is 2.26. The van der Waals surface area contributed by atoms with E-state index in [4.69, 9.17) is 10.2 Å². The Balaban J connectivity index is 2.62. The van der Waals surface area contributed by atoms with Crippen molar-refractivity contribution in [3.63, 3.8) is 0 Å². The monoisotopic (exact) mass is 265 g/mol. The van der Waals surface area contributed by atoms with Gasteiger partial charge in [-0.05, 0) is 23.1 Å². The maximum Gasteiger partial charge on any atom is 0.303 e. The van der Waals surface area contributed by atoms with E-state index >= 15 is 0 Å². The summed E-state index contributed by atoms with van der Waals surface area (Å²) in [5.74, 6) is -1.15. The Bertz CT molecular complexity index is 468. The van der Waals surface area contributed by atoms with Crippen LogP contribution in [-0.4, -0.2) is 22.1 Å². The molecule has 0 aliphatic heterocycles. The van der Waals surface area contributed by atoms with Crippen LogP contribution in [-0.2, 0) is 16.2 Å². The van der Waals surface area contributed by atoms with Gasteiger partial charge >= 0.3 is 5.97 Å². The number of anilines is 1.